The van der Waals surface area contributed by atoms with Gasteiger partial charge in [0.2, 0.25) is 0 Å². The molecule has 2 aromatic heterocycles. The first kappa shape index (κ1) is 16.4. The summed E-state index contributed by atoms with van der Waals surface area (Å²) in [6.07, 6.45) is 10.3. The van der Waals surface area contributed by atoms with Crippen molar-refractivity contribution in [3.63, 3.8) is 0 Å². The Bertz CT molecular complexity index is 957. The minimum absolute atomic E-state index is 0.220. The van der Waals surface area contributed by atoms with Gasteiger partial charge in [-0.15, -0.1) is 0 Å². The van der Waals surface area contributed by atoms with E-state index in [1.165, 1.54) is 5.39 Å². The van der Waals surface area contributed by atoms with E-state index in [1.54, 1.807) is 0 Å². The summed E-state index contributed by atoms with van der Waals surface area (Å²) >= 11 is 0. The predicted octanol–water partition coefficient (Wildman–Crippen LogP) is 2.90. The Labute approximate surface area is 141 Å². The number of hydrogen-bond acceptors (Lipinski definition) is 2. The van der Waals surface area contributed by atoms with E-state index in [-0.39, 0.29) is 5.75 Å². The van der Waals surface area contributed by atoms with Crippen LogP contribution in [-0.2, 0) is 16.7 Å². The van der Waals surface area contributed by atoms with Crippen LogP contribution in [0.15, 0.2) is 55.0 Å². The van der Waals surface area contributed by atoms with Crippen molar-refractivity contribution in [2.24, 2.45) is 0 Å². The quantitative estimate of drug-likeness (QED) is 0.534. The van der Waals surface area contributed by atoms with Crippen molar-refractivity contribution in [3.8, 4) is 0 Å². The first-order valence-corrected chi connectivity index (χ1v) is 9.31. The van der Waals surface area contributed by atoms with Crippen molar-refractivity contribution in [1.29, 1.82) is 0 Å². The fraction of sp³-hybridized carbons (Fsp3) is 0.167. The van der Waals surface area contributed by atoms with Crippen molar-refractivity contribution in [3.05, 3.63) is 66.1 Å². The largest absolute Gasteiger partial charge is 0.361 e. The van der Waals surface area contributed by atoms with Crippen LogP contribution in [0.5, 0.6) is 0 Å². The number of hydrogen-bond donors (Lipinski definition) is 2. The van der Waals surface area contributed by atoms with Gasteiger partial charge in [0.05, 0.1) is 5.75 Å². The molecule has 0 spiro atoms. The summed E-state index contributed by atoms with van der Waals surface area (Å²) < 4.78 is 32.0. The topological polar surface area (TPSA) is 74.0 Å². The molecule has 0 fully saturated rings. The Morgan fingerprint density at radius 3 is 2.58 bits per heavy atom. The summed E-state index contributed by atoms with van der Waals surface area (Å²) in [6, 6.07) is 12.1. The second-order valence-corrected chi connectivity index (χ2v) is 7.20. The lowest BCUT2D eigenvalue weighted by Crippen LogP contribution is -2.33. The Hall–Kier alpha value is -2.44. The van der Waals surface area contributed by atoms with Crippen LogP contribution in [0, 0.1) is 0 Å². The molecule has 0 unspecified atom stereocenters. The summed E-state index contributed by atoms with van der Waals surface area (Å²) in [6.45, 7) is 0.548. The molecule has 24 heavy (non-hydrogen) atoms. The van der Waals surface area contributed by atoms with Crippen molar-refractivity contribution in [2.45, 2.75) is 13.0 Å². The zero-order valence-corrected chi connectivity index (χ0v) is 13.9. The number of benzene rings is 1. The Kier molecular flexibility index (Phi) is 4.78. The third-order valence-corrected chi connectivity index (χ3v) is 4.62. The zero-order valence-electron chi connectivity index (χ0n) is 13.1. The van der Waals surface area contributed by atoms with Crippen LogP contribution < -0.4 is 4.57 Å². The summed E-state index contributed by atoms with van der Waals surface area (Å²) in [5.41, 5.74) is 3.31. The molecule has 0 aliphatic rings. The maximum Gasteiger partial charge on any atom is 0.265 e. The Balaban J connectivity index is 1.65. The third kappa shape index (κ3) is 4.31. The summed E-state index contributed by atoms with van der Waals surface area (Å²) in [5, 5.41) is 1.19. The molecule has 3 rings (SSSR count). The van der Waals surface area contributed by atoms with Gasteiger partial charge in [-0.05, 0) is 17.2 Å². The van der Waals surface area contributed by atoms with E-state index in [0.29, 0.717) is 13.0 Å². The highest BCUT2D eigenvalue weighted by molar-refractivity contribution is 7.85. The average Bonchev–Trinajstić information content (AvgIpc) is 2.96. The summed E-state index contributed by atoms with van der Waals surface area (Å²) in [7, 11) is -3.88. The normalized spacial score (nSPS) is 12.2. The van der Waals surface area contributed by atoms with E-state index in [1.807, 2.05) is 59.6 Å². The minimum Gasteiger partial charge on any atom is -0.361 e. The molecular weight excluding hydrogens is 324 g/mol. The molecule has 2 N–H and O–H groups in total. The number of H-pyrrole nitrogens is 1. The highest BCUT2D eigenvalue weighted by Gasteiger charge is 2.07. The second kappa shape index (κ2) is 6.98. The highest BCUT2D eigenvalue weighted by atomic mass is 32.2. The minimum atomic E-state index is -3.88. The zero-order chi connectivity index (χ0) is 17.0. The van der Waals surface area contributed by atoms with E-state index in [0.717, 1.165) is 16.6 Å². The van der Waals surface area contributed by atoms with Crippen LogP contribution in [0.2, 0.25) is 0 Å². The molecular formula is C18H19N2O3S+. The average molecular weight is 343 g/mol. The molecule has 0 saturated heterocycles. The molecule has 0 aliphatic heterocycles. The molecule has 0 saturated carbocycles. The standard InChI is InChI=1S/C18H18N2O3S/c21-24(22,23)13-3-10-20-11-8-15(9-12-20)6-7-16-14-19-18-5-2-1-4-17(16)18/h1-2,4-9,11-12,14H,3,10,13H2,(H,21,22,23)/p+1. The molecule has 1 aromatic carbocycles. The Morgan fingerprint density at radius 2 is 1.83 bits per heavy atom. The SMILES string of the molecule is O=S(=O)(O)CCC[n+]1ccc(/C=C/c2c[nH]c3ccccc23)cc1. The van der Waals surface area contributed by atoms with E-state index in [9.17, 15) is 8.42 Å². The monoisotopic (exact) mass is 343 g/mol. The van der Waals surface area contributed by atoms with Gasteiger partial charge in [-0.3, -0.25) is 4.55 Å². The van der Waals surface area contributed by atoms with Gasteiger partial charge in [-0.2, -0.15) is 8.42 Å². The third-order valence-electron chi connectivity index (χ3n) is 3.81. The smallest absolute Gasteiger partial charge is 0.265 e. The molecule has 0 bridgehead atoms. The molecule has 0 amide bonds. The van der Waals surface area contributed by atoms with Gasteiger partial charge in [-0.25, -0.2) is 4.57 Å². The van der Waals surface area contributed by atoms with Gasteiger partial charge in [0.25, 0.3) is 10.1 Å². The first-order chi connectivity index (χ1) is 11.5. The van der Waals surface area contributed by atoms with Crippen molar-refractivity contribution >= 4 is 33.2 Å². The van der Waals surface area contributed by atoms with Gasteiger partial charge in [0.1, 0.15) is 6.54 Å². The lowest BCUT2D eigenvalue weighted by molar-refractivity contribution is -0.696. The number of pyridine rings is 1. The number of fused-ring (bicyclic) bond motifs is 1. The van der Waals surface area contributed by atoms with E-state index < -0.39 is 10.1 Å². The number of aryl methyl sites for hydroxylation is 1. The van der Waals surface area contributed by atoms with Crippen LogP contribution in [0.1, 0.15) is 17.5 Å². The van der Waals surface area contributed by atoms with Gasteiger partial charge < -0.3 is 4.98 Å². The van der Waals surface area contributed by atoms with Gasteiger partial charge in [0, 0.05) is 35.7 Å². The fourth-order valence-corrected chi connectivity index (χ4v) is 3.07. The number of para-hydroxylation sites is 1. The maximum absolute atomic E-state index is 10.7. The molecule has 0 aliphatic carbocycles. The predicted molar refractivity (Wildman–Crippen MR) is 94.9 cm³/mol. The maximum atomic E-state index is 10.7. The molecule has 5 nitrogen and oxygen atoms in total. The van der Waals surface area contributed by atoms with Crippen LogP contribution in [0.3, 0.4) is 0 Å². The number of rotatable bonds is 6. The molecule has 124 valence electrons. The second-order valence-electron chi connectivity index (χ2n) is 5.63. The van der Waals surface area contributed by atoms with Crippen LogP contribution >= 0.6 is 0 Å². The number of aromatic nitrogens is 2. The van der Waals surface area contributed by atoms with E-state index in [4.69, 9.17) is 4.55 Å². The fourth-order valence-electron chi connectivity index (χ4n) is 2.58. The molecule has 0 atom stereocenters. The van der Waals surface area contributed by atoms with Crippen LogP contribution in [-0.4, -0.2) is 23.7 Å². The van der Waals surface area contributed by atoms with E-state index in [2.05, 4.69) is 17.1 Å². The van der Waals surface area contributed by atoms with Crippen LogP contribution in [0.25, 0.3) is 23.1 Å². The van der Waals surface area contributed by atoms with Crippen molar-refractivity contribution < 1.29 is 17.5 Å². The number of nitrogens with one attached hydrogen (secondary N) is 1. The number of nitrogens with zero attached hydrogens (tertiary/aromatic N) is 1. The van der Waals surface area contributed by atoms with Crippen molar-refractivity contribution in [2.75, 3.05) is 5.75 Å². The van der Waals surface area contributed by atoms with Crippen molar-refractivity contribution in [1.82, 2.24) is 4.98 Å². The highest BCUT2D eigenvalue weighted by Crippen LogP contribution is 2.19. The van der Waals surface area contributed by atoms with E-state index >= 15 is 0 Å². The summed E-state index contributed by atoms with van der Waals surface area (Å²) in [5.74, 6) is -0.220. The van der Waals surface area contributed by atoms with Gasteiger partial charge in [-0.1, -0.05) is 30.4 Å². The molecule has 2 heterocycles. The molecule has 0 radical (unpaired) electrons. The van der Waals surface area contributed by atoms with Crippen LogP contribution in [0.4, 0.5) is 0 Å². The van der Waals surface area contributed by atoms with Gasteiger partial charge >= 0.3 is 0 Å². The lowest BCUT2D eigenvalue weighted by atomic mass is 10.1. The first-order valence-electron chi connectivity index (χ1n) is 7.70. The van der Waals surface area contributed by atoms with Gasteiger partial charge in [0.15, 0.2) is 12.4 Å². The lowest BCUT2D eigenvalue weighted by Gasteiger charge is -1.97. The molecule has 6 heteroatoms. The Morgan fingerprint density at radius 1 is 1.08 bits per heavy atom. The number of aromatic amines is 1. The summed E-state index contributed by atoms with van der Waals surface area (Å²) in [4.78, 5) is 3.24. The molecule has 3 aromatic rings.